The van der Waals surface area contributed by atoms with E-state index in [0.717, 1.165) is 36.9 Å². The van der Waals surface area contributed by atoms with E-state index in [0.29, 0.717) is 0 Å². The molecular formula is C14H18BrNO2. The van der Waals surface area contributed by atoms with E-state index in [2.05, 4.69) is 33.0 Å². The van der Waals surface area contributed by atoms with Gasteiger partial charge in [-0.2, -0.15) is 0 Å². The fourth-order valence-electron chi connectivity index (χ4n) is 2.45. The molecule has 0 saturated carbocycles. The van der Waals surface area contributed by atoms with Gasteiger partial charge in [-0.3, -0.25) is 9.69 Å². The Hall–Kier alpha value is -0.870. The molecule has 0 amide bonds. The van der Waals surface area contributed by atoms with Gasteiger partial charge in [0, 0.05) is 17.6 Å². The summed E-state index contributed by atoms with van der Waals surface area (Å²) in [6.07, 6.45) is 2.01. The van der Waals surface area contributed by atoms with Crippen molar-refractivity contribution in [2.24, 2.45) is 5.92 Å². The second-order valence-electron chi connectivity index (χ2n) is 4.73. The Morgan fingerprint density at radius 3 is 3.11 bits per heavy atom. The molecule has 1 fully saturated rings. The predicted molar refractivity (Wildman–Crippen MR) is 74.2 cm³/mol. The van der Waals surface area contributed by atoms with Gasteiger partial charge in [-0.25, -0.2) is 0 Å². The number of halogens is 1. The first-order valence-corrected chi connectivity index (χ1v) is 7.03. The largest absolute Gasteiger partial charge is 0.469 e. The summed E-state index contributed by atoms with van der Waals surface area (Å²) in [6.45, 7) is 2.76. The second-order valence-corrected chi connectivity index (χ2v) is 5.64. The maximum atomic E-state index is 11.6. The summed E-state index contributed by atoms with van der Waals surface area (Å²) in [7, 11) is 1.47. The third kappa shape index (κ3) is 3.56. The van der Waals surface area contributed by atoms with E-state index in [1.54, 1.807) is 0 Å². The summed E-state index contributed by atoms with van der Waals surface area (Å²) < 4.78 is 5.93. The summed E-state index contributed by atoms with van der Waals surface area (Å²) >= 11 is 3.48. The van der Waals surface area contributed by atoms with Crippen LogP contribution in [0.2, 0.25) is 0 Å². The number of carbonyl (C=O) groups excluding carboxylic acids is 1. The first-order chi connectivity index (χ1) is 8.69. The maximum absolute atomic E-state index is 11.6. The van der Waals surface area contributed by atoms with E-state index < -0.39 is 0 Å². The van der Waals surface area contributed by atoms with Crippen molar-refractivity contribution < 1.29 is 9.53 Å². The van der Waals surface area contributed by atoms with Gasteiger partial charge in [0.25, 0.3) is 0 Å². The van der Waals surface area contributed by atoms with Gasteiger partial charge < -0.3 is 4.74 Å². The third-order valence-electron chi connectivity index (χ3n) is 3.34. The molecular weight excluding hydrogens is 294 g/mol. The van der Waals surface area contributed by atoms with Crippen molar-refractivity contribution >= 4 is 21.9 Å². The van der Waals surface area contributed by atoms with Crippen LogP contribution >= 0.6 is 15.9 Å². The molecule has 0 aliphatic carbocycles. The minimum Gasteiger partial charge on any atom is -0.469 e. The lowest BCUT2D eigenvalue weighted by atomic mass is 9.98. The Morgan fingerprint density at radius 1 is 1.56 bits per heavy atom. The lowest BCUT2D eigenvalue weighted by Crippen LogP contribution is -2.38. The van der Waals surface area contributed by atoms with Crippen molar-refractivity contribution in [1.29, 1.82) is 0 Å². The van der Waals surface area contributed by atoms with Crippen molar-refractivity contribution in [2.45, 2.75) is 19.4 Å². The molecule has 0 N–H and O–H groups in total. The zero-order chi connectivity index (χ0) is 13.0. The monoisotopic (exact) mass is 311 g/mol. The molecule has 3 nitrogen and oxygen atoms in total. The number of hydrogen-bond acceptors (Lipinski definition) is 3. The number of esters is 1. The number of carbonyl (C=O) groups is 1. The molecule has 1 aromatic carbocycles. The van der Waals surface area contributed by atoms with Crippen LogP contribution < -0.4 is 0 Å². The minimum atomic E-state index is -0.0751. The number of nitrogens with zero attached hydrogens (tertiary/aromatic N) is 1. The van der Waals surface area contributed by atoms with Gasteiger partial charge in [-0.15, -0.1) is 0 Å². The molecule has 1 heterocycles. The summed E-state index contributed by atoms with van der Waals surface area (Å²) in [5, 5.41) is 0. The molecule has 0 spiro atoms. The highest BCUT2D eigenvalue weighted by Gasteiger charge is 2.26. The van der Waals surface area contributed by atoms with Crippen LogP contribution in [0, 0.1) is 5.92 Å². The van der Waals surface area contributed by atoms with Crippen molar-refractivity contribution in [3.05, 3.63) is 34.3 Å². The smallest absolute Gasteiger partial charge is 0.309 e. The van der Waals surface area contributed by atoms with Gasteiger partial charge in [0.15, 0.2) is 0 Å². The standard InChI is InChI=1S/C14H18BrNO2/c1-18-14(17)12-5-3-7-16(10-12)9-11-4-2-6-13(15)8-11/h2,4,6,8,12H,3,5,7,9-10H2,1H3/t12-/m0/s1. The minimum absolute atomic E-state index is 0.0379. The topological polar surface area (TPSA) is 29.5 Å². The van der Waals surface area contributed by atoms with E-state index in [-0.39, 0.29) is 11.9 Å². The molecule has 18 heavy (non-hydrogen) atoms. The molecule has 4 heteroatoms. The Balaban J connectivity index is 1.95. The lowest BCUT2D eigenvalue weighted by Gasteiger charge is -2.31. The van der Waals surface area contributed by atoms with Gasteiger partial charge in [0.05, 0.1) is 13.0 Å². The summed E-state index contributed by atoms with van der Waals surface area (Å²) in [5.74, 6) is -0.0372. The van der Waals surface area contributed by atoms with Crippen molar-refractivity contribution in [2.75, 3.05) is 20.2 Å². The predicted octanol–water partition coefficient (Wildman–Crippen LogP) is 2.83. The van der Waals surface area contributed by atoms with Gasteiger partial charge in [-0.05, 0) is 37.1 Å². The van der Waals surface area contributed by atoms with Crippen molar-refractivity contribution in [3.8, 4) is 0 Å². The normalized spacial score (nSPS) is 20.7. The zero-order valence-corrected chi connectivity index (χ0v) is 12.1. The molecule has 0 aromatic heterocycles. The van der Waals surface area contributed by atoms with Gasteiger partial charge in [-0.1, -0.05) is 28.1 Å². The Bertz CT molecular complexity index is 422. The fraction of sp³-hybridized carbons (Fsp3) is 0.500. The van der Waals surface area contributed by atoms with Crippen LogP contribution in [0.15, 0.2) is 28.7 Å². The number of benzene rings is 1. The number of hydrogen-bond donors (Lipinski definition) is 0. The fourth-order valence-corrected chi connectivity index (χ4v) is 2.90. The average Bonchev–Trinajstić information content (AvgIpc) is 2.38. The first-order valence-electron chi connectivity index (χ1n) is 6.23. The van der Waals surface area contributed by atoms with Crippen LogP contribution in [-0.2, 0) is 16.1 Å². The zero-order valence-electron chi connectivity index (χ0n) is 10.6. The molecule has 2 rings (SSSR count). The molecule has 0 radical (unpaired) electrons. The number of ether oxygens (including phenoxy) is 1. The highest BCUT2D eigenvalue weighted by atomic mass is 79.9. The Kier molecular flexibility index (Phi) is 4.78. The van der Waals surface area contributed by atoms with E-state index >= 15 is 0 Å². The molecule has 0 unspecified atom stereocenters. The molecule has 1 aromatic rings. The van der Waals surface area contributed by atoms with Crippen LogP contribution in [0.1, 0.15) is 18.4 Å². The second kappa shape index (κ2) is 6.34. The SMILES string of the molecule is COC(=O)[C@H]1CCCN(Cc2cccc(Br)c2)C1. The molecule has 1 saturated heterocycles. The molecule has 1 atom stereocenters. The van der Waals surface area contributed by atoms with Crippen molar-refractivity contribution in [3.63, 3.8) is 0 Å². The Labute approximate surface area is 116 Å². The number of rotatable bonds is 3. The van der Waals surface area contributed by atoms with Gasteiger partial charge in [0.1, 0.15) is 0 Å². The van der Waals surface area contributed by atoms with Crippen LogP contribution in [0.3, 0.4) is 0 Å². The average molecular weight is 312 g/mol. The van der Waals surface area contributed by atoms with Crippen molar-refractivity contribution in [1.82, 2.24) is 4.90 Å². The number of methoxy groups -OCH3 is 1. The summed E-state index contributed by atoms with van der Waals surface area (Å²) in [4.78, 5) is 13.9. The lowest BCUT2D eigenvalue weighted by molar-refractivity contribution is -0.147. The summed E-state index contributed by atoms with van der Waals surface area (Å²) in [6, 6.07) is 8.31. The maximum Gasteiger partial charge on any atom is 0.309 e. The van der Waals surface area contributed by atoms with Crippen LogP contribution in [-0.4, -0.2) is 31.1 Å². The third-order valence-corrected chi connectivity index (χ3v) is 3.83. The highest BCUT2D eigenvalue weighted by Crippen LogP contribution is 2.20. The molecule has 0 bridgehead atoms. The number of piperidine rings is 1. The Morgan fingerprint density at radius 2 is 2.39 bits per heavy atom. The van der Waals surface area contributed by atoms with E-state index in [1.165, 1.54) is 12.7 Å². The van der Waals surface area contributed by atoms with Gasteiger partial charge in [0.2, 0.25) is 0 Å². The van der Waals surface area contributed by atoms with Gasteiger partial charge >= 0.3 is 5.97 Å². The van der Waals surface area contributed by atoms with Crippen LogP contribution in [0.4, 0.5) is 0 Å². The first kappa shape index (κ1) is 13.6. The van der Waals surface area contributed by atoms with E-state index in [9.17, 15) is 4.79 Å². The van der Waals surface area contributed by atoms with Crippen LogP contribution in [0.5, 0.6) is 0 Å². The van der Waals surface area contributed by atoms with E-state index in [4.69, 9.17) is 4.74 Å². The number of likely N-dealkylation sites (tertiary alicyclic amines) is 1. The molecule has 1 aliphatic heterocycles. The molecule has 1 aliphatic rings. The van der Waals surface area contributed by atoms with Crippen LogP contribution in [0.25, 0.3) is 0 Å². The summed E-state index contributed by atoms with van der Waals surface area (Å²) in [5.41, 5.74) is 1.27. The quantitative estimate of drug-likeness (QED) is 0.804. The van der Waals surface area contributed by atoms with E-state index in [1.807, 2.05) is 12.1 Å². The molecule has 98 valence electrons. The highest BCUT2D eigenvalue weighted by molar-refractivity contribution is 9.10.